The maximum absolute atomic E-state index is 12.9. The van der Waals surface area contributed by atoms with Crippen LogP contribution in [-0.2, 0) is 11.2 Å². The zero-order chi connectivity index (χ0) is 17.3. The average Bonchev–Trinajstić information content (AvgIpc) is 2.89. The number of allylic oxidation sites excluding steroid dienone is 1. The third kappa shape index (κ3) is 3.34. The standard InChI is InChI=1S/C19H16BrNOS2/c1-3-13-4-10-16(11-5-13)21-18(22)17(24-19(21)23)12(2)14-6-8-15(20)9-7-14/h4-11H,3H2,1-2H3/b17-12-. The fourth-order valence-corrected chi connectivity index (χ4v) is 4.14. The summed E-state index contributed by atoms with van der Waals surface area (Å²) in [4.78, 5) is 15.2. The first-order chi connectivity index (χ1) is 11.5. The van der Waals surface area contributed by atoms with Crippen LogP contribution in [0.3, 0.4) is 0 Å². The third-order valence-electron chi connectivity index (χ3n) is 3.99. The predicted octanol–water partition coefficient (Wildman–Crippen LogP) is 5.81. The molecule has 0 aliphatic carbocycles. The second-order valence-electron chi connectivity index (χ2n) is 5.49. The smallest absolute Gasteiger partial charge is 0.268 e. The van der Waals surface area contributed by atoms with Gasteiger partial charge in [0.15, 0.2) is 4.32 Å². The number of carbonyl (C=O) groups excluding carboxylic acids is 1. The fraction of sp³-hybridized carbons (Fsp3) is 0.158. The maximum atomic E-state index is 12.9. The molecule has 0 N–H and O–H groups in total. The molecule has 1 heterocycles. The topological polar surface area (TPSA) is 20.3 Å². The molecule has 0 radical (unpaired) electrons. The summed E-state index contributed by atoms with van der Waals surface area (Å²) in [6.45, 7) is 4.08. The monoisotopic (exact) mass is 417 g/mol. The number of thioether (sulfide) groups is 1. The van der Waals surface area contributed by atoms with E-state index in [2.05, 4.69) is 22.9 Å². The molecule has 1 aliphatic rings. The van der Waals surface area contributed by atoms with Gasteiger partial charge in [0.25, 0.3) is 5.91 Å². The van der Waals surface area contributed by atoms with Gasteiger partial charge in [0.2, 0.25) is 0 Å². The first-order valence-electron chi connectivity index (χ1n) is 7.63. The second-order valence-corrected chi connectivity index (χ2v) is 8.05. The van der Waals surface area contributed by atoms with Crippen LogP contribution in [0.2, 0.25) is 0 Å². The molecule has 0 aromatic heterocycles. The summed E-state index contributed by atoms with van der Waals surface area (Å²) in [5.41, 5.74) is 4.05. The Balaban J connectivity index is 1.95. The van der Waals surface area contributed by atoms with E-state index in [1.165, 1.54) is 17.3 Å². The number of aryl methyl sites for hydroxylation is 1. The summed E-state index contributed by atoms with van der Waals surface area (Å²) in [5.74, 6) is -0.0466. The van der Waals surface area contributed by atoms with Crippen LogP contribution in [0, 0.1) is 0 Å². The lowest BCUT2D eigenvalue weighted by Gasteiger charge is -2.15. The number of amides is 1. The molecular weight excluding hydrogens is 402 g/mol. The number of anilines is 1. The Morgan fingerprint density at radius 2 is 1.75 bits per heavy atom. The molecular formula is C19H16BrNOS2. The molecule has 0 atom stereocenters. The minimum atomic E-state index is -0.0466. The summed E-state index contributed by atoms with van der Waals surface area (Å²) >= 11 is 10.3. The van der Waals surface area contributed by atoms with Crippen molar-refractivity contribution in [3.63, 3.8) is 0 Å². The number of rotatable bonds is 3. The van der Waals surface area contributed by atoms with Crippen LogP contribution in [0.15, 0.2) is 57.9 Å². The summed E-state index contributed by atoms with van der Waals surface area (Å²) in [7, 11) is 0. The highest BCUT2D eigenvalue weighted by Gasteiger charge is 2.34. The Hall–Kier alpha value is -1.43. The number of halogens is 1. The van der Waals surface area contributed by atoms with Gasteiger partial charge in [0, 0.05) is 4.47 Å². The Kier molecular flexibility index (Phi) is 5.23. The van der Waals surface area contributed by atoms with Crippen molar-refractivity contribution in [3.05, 3.63) is 69.0 Å². The Morgan fingerprint density at radius 1 is 1.12 bits per heavy atom. The van der Waals surface area contributed by atoms with Gasteiger partial charge in [-0.2, -0.15) is 0 Å². The summed E-state index contributed by atoms with van der Waals surface area (Å²) < 4.78 is 1.60. The minimum Gasteiger partial charge on any atom is -0.268 e. The number of hydrogen-bond acceptors (Lipinski definition) is 3. The molecule has 2 aromatic rings. The van der Waals surface area contributed by atoms with Crippen molar-refractivity contribution in [2.24, 2.45) is 0 Å². The van der Waals surface area contributed by atoms with Crippen LogP contribution in [0.4, 0.5) is 5.69 Å². The van der Waals surface area contributed by atoms with E-state index < -0.39 is 0 Å². The van der Waals surface area contributed by atoms with E-state index in [4.69, 9.17) is 12.2 Å². The molecule has 0 bridgehead atoms. The molecule has 2 nitrogen and oxygen atoms in total. The first-order valence-corrected chi connectivity index (χ1v) is 9.65. The molecule has 24 heavy (non-hydrogen) atoms. The van der Waals surface area contributed by atoms with E-state index in [0.717, 1.165) is 27.7 Å². The minimum absolute atomic E-state index is 0.0466. The highest BCUT2D eigenvalue weighted by Crippen LogP contribution is 2.39. The van der Waals surface area contributed by atoms with Gasteiger partial charge in [-0.3, -0.25) is 9.69 Å². The second kappa shape index (κ2) is 7.21. The van der Waals surface area contributed by atoms with Gasteiger partial charge >= 0.3 is 0 Å². The van der Waals surface area contributed by atoms with Crippen LogP contribution in [0.25, 0.3) is 5.57 Å². The van der Waals surface area contributed by atoms with Crippen molar-refractivity contribution >= 4 is 61.4 Å². The van der Waals surface area contributed by atoms with Crippen LogP contribution < -0.4 is 4.90 Å². The molecule has 0 saturated carbocycles. The Labute approximate surface area is 160 Å². The molecule has 1 aliphatic heterocycles. The number of hydrogen-bond donors (Lipinski definition) is 0. The van der Waals surface area contributed by atoms with Crippen molar-refractivity contribution in [1.29, 1.82) is 0 Å². The Morgan fingerprint density at radius 3 is 2.33 bits per heavy atom. The quantitative estimate of drug-likeness (QED) is 0.464. The van der Waals surface area contributed by atoms with Crippen molar-refractivity contribution < 1.29 is 4.79 Å². The number of nitrogens with zero attached hydrogens (tertiary/aromatic N) is 1. The van der Waals surface area contributed by atoms with E-state index in [9.17, 15) is 4.79 Å². The van der Waals surface area contributed by atoms with Gasteiger partial charge in [-0.1, -0.05) is 71.1 Å². The molecule has 0 unspecified atom stereocenters. The zero-order valence-electron chi connectivity index (χ0n) is 13.4. The summed E-state index contributed by atoms with van der Waals surface area (Å²) in [5, 5.41) is 0. The Bertz CT molecular complexity index is 825. The van der Waals surface area contributed by atoms with E-state index in [1.54, 1.807) is 4.90 Å². The van der Waals surface area contributed by atoms with E-state index >= 15 is 0 Å². The largest absolute Gasteiger partial charge is 0.271 e. The van der Waals surface area contributed by atoms with Gasteiger partial charge in [-0.15, -0.1) is 0 Å². The molecule has 2 aromatic carbocycles. The summed E-state index contributed by atoms with van der Waals surface area (Å²) in [6, 6.07) is 16.0. The molecule has 1 fully saturated rings. The number of benzene rings is 2. The van der Waals surface area contributed by atoms with Gasteiger partial charge in [-0.05, 0) is 54.3 Å². The highest BCUT2D eigenvalue weighted by molar-refractivity contribution is 9.10. The average molecular weight is 418 g/mol. The van der Waals surface area contributed by atoms with Crippen molar-refractivity contribution in [2.45, 2.75) is 20.3 Å². The third-order valence-corrected chi connectivity index (χ3v) is 5.99. The SMILES string of the molecule is CCc1ccc(N2C(=O)/C(=C(\C)c3ccc(Br)cc3)SC2=S)cc1. The van der Waals surface area contributed by atoms with Crippen molar-refractivity contribution in [3.8, 4) is 0 Å². The van der Waals surface area contributed by atoms with E-state index in [-0.39, 0.29) is 5.91 Å². The maximum Gasteiger partial charge on any atom is 0.271 e. The van der Waals surface area contributed by atoms with Crippen LogP contribution in [-0.4, -0.2) is 10.2 Å². The van der Waals surface area contributed by atoms with Crippen molar-refractivity contribution in [2.75, 3.05) is 4.90 Å². The van der Waals surface area contributed by atoms with Gasteiger partial charge < -0.3 is 0 Å². The predicted molar refractivity (Wildman–Crippen MR) is 110 cm³/mol. The van der Waals surface area contributed by atoms with Gasteiger partial charge in [0.05, 0.1) is 10.6 Å². The molecule has 1 amide bonds. The summed E-state index contributed by atoms with van der Waals surface area (Å²) in [6.07, 6.45) is 0.973. The number of carbonyl (C=O) groups is 1. The zero-order valence-corrected chi connectivity index (χ0v) is 16.6. The van der Waals surface area contributed by atoms with E-state index in [1.807, 2.05) is 55.5 Å². The molecule has 0 spiro atoms. The molecule has 122 valence electrons. The first kappa shape index (κ1) is 17.4. The number of thiocarbonyl (C=S) groups is 1. The van der Waals surface area contributed by atoms with Crippen LogP contribution in [0.1, 0.15) is 25.0 Å². The van der Waals surface area contributed by atoms with Crippen LogP contribution in [0.5, 0.6) is 0 Å². The van der Waals surface area contributed by atoms with Gasteiger partial charge in [-0.25, -0.2) is 0 Å². The lowest BCUT2D eigenvalue weighted by atomic mass is 10.1. The highest BCUT2D eigenvalue weighted by atomic mass is 79.9. The van der Waals surface area contributed by atoms with E-state index in [0.29, 0.717) is 9.23 Å². The normalized spacial score (nSPS) is 16.7. The lowest BCUT2D eigenvalue weighted by Crippen LogP contribution is -2.27. The molecule has 1 saturated heterocycles. The van der Waals surface area contributed by atoms with Crippen LogP contribution >= 0.6 is 39.9 Å². The molecule has 5 heteroatoms. The molecule has 3 rings (SSSR count). The lowest BCUT2D eigenvalue weighted by molar-refractivity contribution is -0.113. The van der Waals surface area contributed by atoms with Gasteiger partial charge in [0.1, 0.15) is 0 Å². The van der Waals surface area contributed by atoms with Crippen molar-refractivity contribution in [1.82, 2.24) is 0 Å². The fourth-order valence-electron chi connectivity index (χ4n) is 2.53.